The first kappa shape index (κ1) is 13.9. The summed E-state index contributed by atoms with van der Waals surface area (Å²) in [6, 6.07) is 16.2. The third-order valence-electron chi connectivity index (χ3n) is 3.32. The summed E-state index contributed by atoms with van der Waals surface area (Å²) in [5.41, 5.74) is 0.230. The van der Waals surface area contributed by atoms with E-state index in [2.05, 4.69) is 4.98 Å². The number of carbonyl (C=O) groups is 1. The number of aromatic amines is 1. The Hall–Kier alpha value is -3.08. The largest absolute Gasteiger partial charge is 0.486 e. The van der Waals surface area contributed by atoms with Crippen molar-refractivity contribution in [3.8, 4) is 5.75 Å². The molecule has 0 atom stereocenters. The number of hydrogen-bond acceptors (Lipinski definition) is 3. The molecule has 2 aromatic carbocycles. The Balaban J connectivity index is 2.10. The monoisotopic (exact) mass is 295 g/mol. The molecule has 22 heavy (non-hydrogen) atoms. The summed E-state index contributed by atoms with van der Waals surface area (Å²) in [5.74, 6) is -1.06. The van der Waals surface area contributed by atoms with Crippen LogP contribution >= 0.6 is 0 Å². The zero-order valence-electron chi connectivity index (χ0n) is 11.6. The van der Waals surface area contributed by atoms with Crippen LogP contribution in [-0.4, -0.2) is 16.1 Å². The maximum absolute atomic E-state index is 12.0. The van der Waals surface area contributed by atoms with Gasteiger partial charge in [-0.2, -0.15) is 0 Å². The number of fused-ring (bicyclic) bond motifs is 1. The molecule has 1 aromatic heterocycles. The fourth-order valence-electron chi connectivity index (χ4n) is 2.28. The molecule has 0 aliphatic rings. The third kappa shape index (κ3) is 2.56. The number of aromatic carboxylic acids is 1. The van der Waals surface area contributed by atoms with E-state index in [1.165, 1.54) is 0 Å². The van der Waals surface area contributed by atoms with Crippen LogP contribution in [0.1, 0.15) is 16.1 Å². The van der Waals surface area contributed by atoms with Crippen molar-refractivity contribution in [3.63, 3.8) is 0 Å². The Bertz CT molecular complexity index is 884. The van der Waals surface area contributed by atoms with E-state index in [-0.39, 0.29) is 18.1 Å². The number of benzene rings is 2. The average molecular weight is 295 g/mol. The molecule has 3 aromatic rings. The van der Waals surface area contributed by atoms with Crippen LogP contribution in [0.25, 0.3) is 10.8 Å². The number of rotatable bonds is 4. The predicted molar refractivity (Wildman–Crippen MR) is 82.3 cm³/mol. The first-order valence-corrected chi connectivity index (χ1v) is 6.72. The Morgan fingerprint density at radius 2 is 1.64 bits per heavy atom. The maximum atomic E-state index is 12.0. The van der Waals surface area contributed by atoms with Crippen molar-refractivity contribution < 1.29 is 14.6 Å². The van der Waals surface area contributed by atoms with Crippen molar-refractivity contribution in [2.45, 2.75) is 6.61 Å². The first-order valence-electron chi connectivity index (χ1n) is 6.72. The third-order valence-corrected chi connectivity index (χ3v) is 3.32. The highest BCUT2D eigenvalue weighted by Crippen LogP contribution is 2.27. The zero-order chi connectivity index (χ0) is 15.5. The molecule has 0 bridgehead atoms. The van der Waals surface area contributed by atoms with Crippen LogP contribution in [0.2, 0.25) is 0 Å². The van der Waals surface area contributed by atoms with Gasteiger partial charge in [0.1, 0.15) is 6.61 Å². The quantitative estimate of drug-likeness (QED) is 0.775. The van der Waals surface area contributed by atoms with Crippen LogP contribution in [0.15, 0.2) is 59.4 Å². The SMILES string of the molecule is O=C(O)c1[nH]c(=O)c2ccccc2c1OCc1ccccc1. The Kier molecular flexibility index (Phi) is 3.62. The van der Waals surface area contributed by atoms with Crippen LogP contribution in [0.4, 0.5) is 0 Å². The Morgan fingerprint density at radius 3 is 2.32 bits per heavy atom. The van der Waals surface area contributed by atoms with E-state index < -0.39 is 11.5 Å². The smallest absolute Gasteiger partial charge is 0.356 e. The highest BCUT2D eigenvalue weighted by atomic mass is 16.5. The molecule has 110 valence electrons. The predicted octanol–water partition coefficient (Wildman–Crippen LogP) is 2.81. The summed E-state index contributed by atoms with van der Waals surface area (Å²) < 4.78 is 5.70. The van der Waals surface area contributed by atoms with Crippen LogP contribution in [-0.2, 0) is 6.61 Å². The van der Waals surface area contributed by atoms with Gasteiger partial charge in [0.15, 0.2) is 11.4 Å². The van der Waals surface area contributed by atoms with E-state index in [1.54, 1.807) is 24.3 Å². The Morgan fingerprint density at radius 1 is 1.00 bits per heavy atom. The molecule has 5 nitrogen and oxygen atoms in total. The molecule has 3 rings (SSSR count). The number of aromatic nitrogens is 1. The molecule has 2 N–H and O–H groups in total. The molecule has 0 spiro atoms. The molecule has 1 heterocycles. The van der Waals surface area contributed by atoms with Gasteiger partial charge in [0.2, 0.25) is 0 Å². The van der Waals surface area contributed by atoms with Gasteiger partial charge < -0.3 is 14.8 Å². The van der Waals surface area contributed by atoms with Crippen molar-refractivity contribution >= 4 is 16.7 Å². The number of ether oxygens (including phenoxy) is 1. The number of H-pyrrole nitrogens is 1. The van der Waals surface area contributed by atoms with Crippen molar-refractivity contribution in [3.05, 3.63) is 76.2 Å². The molecule has 0 fully saturated rings. The van der Waals surface area contributed by atoms with Crippen LogP contribution in [0, 0.1) is 0 Å². The second-order valence-corrected chi connectivity index (χ2v) is 4.78. The molecule has 0 aliphatic carbocycles. The van der Waals surface area contributed by atoms with E-state index >= 15 is 0 Å². The lowest BCUT2D eigenvalue weighted by Crippen LogP contribution is -2.15. The molecule has 0 amide bonds. The van der Waals surface area contributed by atoms with Gasteiger partial charge in [-0.05, 0) is 11.6 Å². The van der Waals surface area contributed by atoms with Crippen molar-refractivity contribution in [1.29, 1.82) is 0 Å². The van der Waals surface area contributed by atoms with Gasteiger partial charge >= 0.3 is 5.97 Å². The minimum Gasteiger partial charge on any atom is -0.486 e. The molecule has 0 saturated heterocycles. The number of hydrogen-bond donors (Lipinski definition) is 2. The van der Waals surface area contributed by atoms with E-state index in [0.717, 1.165) is 5.56 Å². The normalized spacial score (nSPS) is 10.5. The topological polar surface area (TPSA) is 79.4 Å². The molecule has 0 saturated carbocycles. The summed E-state index contributed by atoms with van der Waals surface area (Å²) in [4.78, 5) is 25.7. The lowest BCUT2D eigenvalue weighted by molar-refractivity contribution is 0.0685. The minimum atomic E-state index is -1.23. The van der Waals surface area contributed by atoms with Crippen molar-refractivity contribution in [2.75, 3.05) is 0 Å². The maximum Gasteiger partial charge on any atom is 0.356 e. The molecule has 0 radical (unpaired) electrons. The number of pyridine rings is 1. The lowest BCUT2D eigenvalue weighted by Gasteiger charge is -2.12. The van der Waals surface area contributed by atoms with Gasteiger partial charge in [0.25, 0.3) is 5.56 Å². The molecule has 5 heteroatoms. The standard InChI is InChI=1S/C17H13NO4/c19-16-13-9-5-4-8-12(13)15(14(18-16)17(20)21)22-10-11-6-2-1-3-7-11/h1-9H,10H2,(H,18,19)(H,20,21). The summed E-state index contributed by atoms with van der Waals surface area (Å²) in [5, 5.41) is 10.2. The number of carboxylic acid groups (broad SMARTS) is 1. The molecule has 0 unspecified atom stereocenters. The average Bonchev–Trinajstić information content (AvgIpc) is 2.55. The van der Waals surface area contributed by atoms with Crippen molar-refractivity contribution in [2.24, 2.45) is 0 Å². The van der Waals surface area contributed by atoms with Crippen LogP contribution in [0.5, 0.6) is 5.75 Å². The van der Waals surface area contributed by atoms with E-state index in [0.29, 0.717) is 10.8 Å². The highest BCUT2D eigenvalue weighted by Gasteiger charge is 2.18. The Labute approximate surface area is 125 Å². The second kappa shape index (κ2) is 5.73. The lowest BCUT2D eigenvalue weighted by atomic mass is 10.1. The summed E-state index contributed by atoms with van der Waals surface area (Å²) in [7, 11) is 0. The van der Waals surface area contributed by atoms with E-state index in [4.69, 9.17) is 4.74 Å². The molecule has 0 aliphatic heterocycles. The summed E-state index contributed by atoms with van der Waals surface area (Å²) in [6.45, 7) is 0.219. The number of carboxylic acids is 1. The van der Waals surface area contributed by atoms with Gasteiger partial charge in [-0.1, -0.05) is 48.5 Å². The summed E-state index contributed by atoms with van der Waals surface area (Å²) in [6.07, 6.45) is 0. The van der Waals surface area contributed by atoms with E-state index in [1.807, 2.05) is 30.3 Å². The fraction of sp³-hybridized carbons (Fsp3) is 0.0588. The fourth-order valence-corrected chi connectivity index (χ4v) is 2.28. The number of nitrogens with one attached hydrogen (secondary N) is 1. The first-order chi connectivity index (χ1) is 10.7. The molecular formula is C17H13NO4. The van der Waals surface area contributed by atoms with Gasteiger partial charge in [0.05, 0.1) is 5.39 Å². The van der Waals surface area contributed by atoms with Crippen molar-refractivity contribution in [1.82, 2.24) is 4.98 Å². The van der Waals surface area contributed by atoms with Gasteiger partial charge in [-0.3, -0.25) is 4.79 Å². The van der Waals surface area contributed by atoms with Gasteiger partial charge in [-0.15, -0.1) is 0 Å². The highest BCUT2D eigenvalue weighted by molar-refractivity contribution is 5.98. The second-order valence-electron chi connectivity index (χ2n) is 4.78. The zero-order valence-corrected chi connectivity index (χ0v) is 11.6. The van der Waals surface area contributed by atoms with Crippen LogP contribution in [0.3, 0.4) is 0 Å². The van der Waals surface area contributed by atoms with Gasteiger partial charge in [-0.25, -0.2) is 4.79 Å². The molecular weight excluding hydrogens is 282 g/mol. The minimum absolute atomic E-state index is 0.173. The van der Waals surface area contributed by atoms with E-state index in [9.17, 15) is 14.7 Å². The van der Waals surface area contributed by atoms with Gasteiger partial charge in [0, 0.05) is 5.39 Å². The van der Waals surface area contributed by atoms with Crippen LogP contribution < -0.4 is 10.3 Å². The summed E-state index contributed by atoms with van der Waals surface area (Å²) >= 11 is 0.